The molecule has 1 amide bonds. The molecule has 1 fully saturated rings. The van der Waals surface area contributed by atoms with Gasteiger partial charge in [0.25, 0.3) is 5.91 Å². The second kappa shape index (κ2) is 5.36. The molecule has 0 radical (unpaired) electrons. The molecule has 1 aromatic rings. The minimum atomic E-state index is -0.148. The van der Waals surface area contributed by atoms with Gasteiger partial charge in [0.15, 0.2) is 5.82 Å². The van der Waals surface area contributed by atoms with Crippen LogP contribution in [0.1, 0.15) is 43.5 Å². The van der Waals surface area contributed by atoms with E-state index in [4.69, 9.17) is 5.73 Å². The lowest BCUT2D eigenvalue weighted by molar-refractivity contribution is 0.0964. The lowest BCUT2D eigenvalue weighted by Crippen LogP contribution is -2.28. The summed E-state index contributed by atoms with van der Waals surface area (Å²) < 4.78 is 4.14. The van der Waals surface area contributed by atoms with Crippen molar-refractivity contribution in [3.05, 3.63) is 5.56 Å². The Labute approximate surface area is 118 Å². The molecular weight excluding hydrogens is 260 g/mol. The zero-order valence-corrected chi connectivity index (χ0v) is 12.6. The average molecular weight is 282 g/mol. The highest BCUT2D eigenvalue weighted by Crippen LogP contribution is 2.36. The molecule has 0 saturated carbocycles. The van der Waals surface area contributed by atoms with E-state index in [2.05, 4.69) is 28.4 Å². The van der Waals surface area contributed by atoms with Crippen LogP contribution < -0.4 is 16.0 Å². The average Bonchev–Trinajstić information content (AvgIpc) is 2.64. The highest BCUT2D eigenvalue weighted by atomic mass is 32.1. The summed E-state index contributed by atoms with van der Waals surface area (Å²) in [6, 6.07) is 0. The summed E-state index contributed by atoms with van der Waals surface area (Å²) in [5, 5.41) is 3.55. The van der Waals surface area contributed by atoms with E-state index < -0.39 is 0 Å². The number of nitrogen functional groups attached to an aromatic ring is 1. The fourth-order valence-electron chi connectivity index (χ4n) is 2.47. The van der Waals surface area contributed by atoms with Gasteiger partial charge in [-0.15, -0.1) is 0 Å². The van der Waals surface area contributed by atoms with Gasteiger partial charge in [-0.25, -0.2) is 0 Å². The third-order valence-corrected chi connectivity index (χ3v) is 4.71. The van der Waals surface area contributed by atoms with Crippen molar-refractivity contribution in [2.45, 2.75) is 33.1 Å². The first-order chi connectivity index (χ1) is 8.94. The summed E-state index contributed by atoms with van der Waals surface area (Å²) in [6.45, 7) is 6.53. The number of aromatic nitrogens is 1. The summed E-state index contributed by atoms with van der Waals surface area (Å²) >= 11 is 1.33. The first-order valence-electron chi connectivity index (χ1n) is 6.67. The number of amides is 1. The maximum Gasteiger partial charge on any atom is 0.257 e. The van der Waals surface area contributed by atoms with Gasteiger partial charge in [0.1, 0.15) is 10.6 Å². The zero-order valence-electron chi connectivity index (χ0n) is 11.8. The van der Waals surface area contributed by atoms with Crippen molar-refractivity contribution >= 4 is 28.3 Å². The van der Waals surface area contributed by atoms with E-state index in [0.29, 0.717) is 16.8 Å². The Hall–Kier alpha value is -1.30. The van der Waals surface area contributed by atoms with E-state index in [0.717, 1.165) is 30.9 Å². The number of hydrogen-bond acceptors (Lipinski definition) is 5. The van der Waals surface area contributed by atoms with Crippen molar-refractivity contribution in [1.82, 2.24) is 9.69 Å². The maximum atomic E-state index is 11.9. The number of rotatable bonds is 2. The van der Waals surface area contributed by atoms with E-state index in [-0.39, 0.29) is 5.91 Å². The quantitative estimate of drug-likeness (QED) is 0.871. The maximum absolute atomic E-state index is 11.9. The first kappa shape index (κ1) is 14.1. The van der Waals surface area contributed by atoms with Crippen LogP contribution >= 0.6 is 11.5 Å². The summed E-state index contributed by atoms with van der Waals surface area (Å²) in [4.78, 5) is 14.2. The number of nitrogens with one attached hydrogen (secondary N) is 1. The predicted octanol–water partition coefficient (Wildman–Crippen LogP) is 2.10. The molecule has 0 spiro atoms. The molecule has 6 heteroatoms. The Morgan fingerprint density at radius 3 is 2.84 bits per heavy atom. The van der Waals surface area contributed by atoms with E-state index in [1.807, 2.05) is 0 Å². The van der Waals surface area contributed by atoms with Crippen molar-refractivity contribution < 1.29 is 4.79 Å². The Kier molecular flexibility index (Phi) is 3.99. The van der Waals surface area contributed by atoms with Crippen molar-refractivity contribution in [1.29, 1.82) is 0 Å². The summed E-state index contributed by atoms with van der Waals surface area (Å²) in [5.74, 6) is 0.188. The molecular formula is C13H22N4OS. The first-order valence-corrected chi connectivity index (χ1v) is 7.44. The smallest absolute Gasteiger partial charge is 0.257 e. The summed E-state index contributed by atoms with van der Waals surface area (Å²) in [6.07, 6.45) is 3.48. The van der Waals surface area contributed by atoms with Crippen molar-refractivity contribution in [2.75, 3.05) is 30.8 Å². The number of carbonyl (C=O) groups is 1. The van der Waals surface area contributed by atoms with E-state index in [9.17, 15) is 4.79 Å². The second-order valence-electron chi connectivity index (χ2n) is 5.83. The van der Waals surface area contributed by atoms with Crippen LogP contribution in [0, 0.1) is 5.41 Å². The largest absolute Gasteiger partial charge is 0.382 e. The van der Waals surface area contributed by atoms with Crippen LogP contribution in [0.25, 0.3) is 0 Å². The zero-order chi connectivity index (χ0) is 14.0. The number of carbonyl (C=O) groups excluding carboxylic acids is 1. The number of nitrogens with two attached hydrogens (primary N) is 1. The molecule has 1 aromatic heterocycles. The highest BCUT2D eigenvalue weighted by molar-refractivity contribution is 7.11. The molecule has 0 aromatic carbocycles. The van der Waals surface area contributed by atoms with Crippen LogP contribution in [0.2, 0.25) is 0 Å². The van der Waals surface area contributed by atoms with Gasteiger partial charge >= 0.3 is 0 Å². The standard InChI is InChI=1S/C13H22N4OS/c1-13(2)5-4-7-17(8-6-13)12-9(11(18)15-3)10(14)16-19-12/h4-8H2,1-3H3,(H2,14,16)(H,15,18). The number of nitrogens with zero attached hydrogens (tertiary/aromatic N) is 2. The second-order valence-corrected chi connectivity index (χ2v) is 6.58. The summed E-state index contributed by atoms with van der Waals surface area (Å²) in [5.41, 5.74) is 6.74. The van der Waals surface area contributed by atoms with Crippen molar-refractivity contribution in [3.8, 4) is 0 Å². The molecule has 0 unspecified atom stereocenters. The van der Waals surface area contributed by atoms with Gasteiger partial charge in [0.05, 0.1) is 0 Å². The van der Waals surface area contributed by atoms with E-state index in [1.165, 1.54) is 18.0 Å². The van der Waals surface area contributed by atoms with Crippen molar-refractivity contribution in [2.24, 2.45) is 5.41 Å². The van der Waals surface area contributed by atoms with Gasteiger partial charge in [-0.05, 0) is 36.2 Å². The normalized spacial score (nSPS) is 19.0. The van der Waals surface area contributed by atoms with Crippen LogP contribution in [0.15, 0.2) is 0 Å². The Morgan fingerprint density at radius 1 is 1.42 bits per heavy atom. The Morgan fingerprint density at radius 2 is 2.16 bits per heavy atom. The van der Waals surface area contributed by atoms with Crippen LogP contribution in [0.4, 0.5) is 10.8 Å². The molecule has 106 valence electrons. The van der Waals surface area contributed by atoms with Gasteiger partial charge in [-0.2, -0.15) is 4.37 Å². The lowest BCUT2D eigenvalue weighted by atomic mass is 9.85. The number of hydrogen-bond donors (Lipinski definition) is 2. The molecule has 1 aliphatic heterocycles. The van der Waals surface area contributed by atoms with Crippen molar-refractivity contribution in [3.63, 3.8) is 0 Å². The monoisotopic (exact) mass is 282 g/mol. The molecule has 2 heterocycles. The van der Waals surface area contributed by atoms with E-state index in [1.54, 1.807) is 7.05 Å². The predicted molar refractivity (Wildman–Crippen MR) is 79.8 cm³/mol. The summed E-state index contributed by atoms with van der Waals surface area (Å²) in [7, 11) is 1.62. The molecule has 1 aliphatic rings. The molecule has 1 saturated heterocycles. The van der Waals surface area contributed by atoms with Crippen LogP contribution in [0.3, 0.4) is 0 Å². The van der Waals surface area contributed by atoms with Crippen LogP contribution in [0.5, 0.6) is 0 Å². The molecule has 0 aliphatic carbocycles. The Bertz CT molecular complexity index is 469. The SMILES string of the molecule is CNC(=O)c1c(N)nsc1N1CCCC(C)(C)CC1. The molecule has 0 atom stereocenters. The van der Waals surface area contributed by atoms with Gasteiger partial charge in [0.2, 0.25) is 0 Å². The van der Waals surface area contributed by atoms with Gasteiger partial charge in [-0.1, -0.05) is 13.8 Å². The third-order valence-electron chi connectivity index (χ3n) is 3.78. The fraction of sp³-hybridized carbons (Fsp3) is 0.692. The number of anilines is 2. The van der Waals surface area contributed by atoms with Gasteiger partial charge < -0.3 is 16.0 Å². The minimum absolute atomic E-state index is 0.148. The Balaban J connectivity index is 2.25. The highest BCUT2D eigenvalue weighted by Gasteiger charge is 2.27. The molecule has 0 bridgehead atoms. The molecule has 19 heavy (non-hydrogen) atoms. The van der Waals surface area contributed by atoms with Gasteiger partial charge in [-0.3, -0.25) is 4.79 Å². The van der Waals surface area contributed by atoms with E-state index >= 15 is 0 Å². The fourth-order valence-corrected chi connectivity index (χ4v) is 3.34. The minimum Gasteiger partial charge on any atom is -0.382 e. The third kappa shape index (κ3) is 3.00. The van der Waals surface area contributed by atoms with Crippen LogP contribution in [-0.2, 0) is 0 Å². The topological polar surface area (TPSA) is 71.2 Å². The molecule has 2 rings (SSSR count). The molecule has 3 N–H and O–H groups in total. The molecule has 5 nitrogen and oxygen atoms in total. The lowest BCUT2D eigenvalue weighted by Gasteiger charge is -2.24. The van der Waals surface area contributed by atoms with Crippen LogP contribution in [-0.4, -0.2) is 30.4 Å². The van der Waals surface area contributed by atoms with Gasteiger partial charge in [0, 0.05) is 20.1 Å².